The van der Waals surface area contributed by atoms with Crippen molar-refractivity contribution < 1.29 is 14.6 Å². The highest BCUT2D eigenvalue weighted by Gasteiger charge is 2.71. The van der Waals surface area contributed by atoms with E-state index in [-0.39, 0.29) is 17.2 Å². The number of carbonyl (C=O) groups is 1. The molecule has 0 amide bonds. The van der Waals surface area contributed by atoms with Crippen LogP contribution in [0.3, 0.4) is 0 Å². The van der Waals surface area contributed by atoms with E-state index in [1.54, 1.807) is 0 Å². The summed E-state index contributed by atoms with van der Waals surface area (Å²) in [5.41, 5.74) is 2.30. The second-order valence-corrected chi connectivity index (χ2v) is 10.6. The van der Waals surface area contributed by atoms with Gasteiger partial charge in [-0.3, -0.25) is 0 Å². The van der Waals surface area contributed by atoms with Crippen molar-refractivity contribution in [1.29, 1.82) is 0 Å². The highest BCUT2D eigenvalue weighted by molar-refractivity contribution is 5.92. The van der Waals surface area contributed by atoms with E-state index in [1.165, 1.54) is 0 Å². The second-order valence-electron chi connectivity index (χ2n) is 10.6. The molecule has 0 heterocycles. The fraction of sp³-hybridized carbons (Fsp3) is 0.783. The number of aliphatic hydroxyl groups is 1. The van der Waals surface area contributed by atoms with Crippen LogP contribution in [0.2, 0.25) is 0 Å². The van der Waals surface area contributed by atoms with Crippen molar-refractivity contribution in [3.8, 4) is 0 Å². The predicted molar refractivity (Wildman–Crippen MR) is 100 cm³/mol. The van der Waals surface area contributed by atoms with E-state index in [4.69, 9.17) is 4.74 Å². The summed E-state index contributed by atoms with van der Waals surface area (Å²) >= 11 is 0. The fourth-order valence-corrected chi connectivity index (χ4v) is 7.90. The van der Waals surface area contributed by atoms with Gasteiger partial charge in [-0.05, 0) is 108 Å². The molecule has 7 aliphatic carbocycles. The zero-order valence-corrected chi connectivity index (χ0v) is 16.5. The number of carbonyl (C=O) groups excluding carboxylic acids is 1. The summed E-state index contributed by atoms with van der Waals surface area (Å²) in [4.78, 5) is 13.0. The molecule has 0 radical (unpaired) electrons. The van der Waals surface area contributed by atoms with Crippen LogP contribution in [-0.2, 0) is 9.53 Å². The third-order valence-corrected chi connectivity index (χ3v) is 8.47. The summed E-state index contributed by atoms with van der Waals surface area (Å²) in [6, 6.07) is 0. The minimum atomic E-state index is -0.365. The first-order chi connectivity index (χ1) is 12.2. The van der Waals surface area contributed by atoms with Crippen molar-refractivity contribution in [1.82, 2.24) is 0 Å². The van der Waals surface area contributed by atoms with Crippen LogP contribution in [-0.4, -0.2) is 22.3 Å². The van der Waals surface area contributed by atoms with Crippen LogP contribution in [0.1, 0.15) is 66.2 Å². The first-order valence-electron chi connectivity index (χ1n) is 10.5. The van der Waals surface area contributed by atoms with E-state index in [0.29, 0.717) is 35.5 Å². The van der Waals surface area contributed by atoms with E-state index >= 15 is 0 Å². The zero-order valence-electron chi connectivity index (χ0n) is 16.5. The van der Waals surface area contributed by atoms with Crippen molar-refractivity contribution >= 4 is 5.97 Å². The highest BCUT2D eigenvalue weighted by atomic mass is 16.6. The molecule has 8 bridgehead atoms. The third kappa shape index (κ3) is 2.25. The Kier molecular flexibility index (Phi) is 3.44. The van der Waals surface area contributed by atoms with Gasteiger partial charge in [-0.2, -0.15) is 0 Å². The molecule has 1 N–H and O–H groups in total. The first-order valence-corrected chi connectivity index (χ1v) is 10.5. The SMILES string of the molecule is CC(C)=CC(C(=O)OC12CC3C4CC5(O)CC3C(C1)C(C5)C4C2)=C(C)C. The van der Waals surface area contributed by atoms with Crippen molar-refractivity contribution in [2.75, 3.05) is 0 Å². The average Bonchev–Trinajstić information content (AvgIpc) is 2.55. The lowest BCUT2D eigenvalue weighted by atomic mass is 9.34. The van der Waals surface area contributed by atoms with Crippen molar-refractivity contribution in [3.05, 3.63) is 22.8 Å². The minimum absolute atomic E-state index is 0.122. The third-order valence-electron chi connectivity index (χ3n) is 8.47. The van der Waals surface area contributed by atoms with Crippen LogP contribution < -0.4 is 0 Å². The maximum Gasteiger partial charge on any atom is 0.338 e. The monoisotopic (exact) mass is 356 g/mol. The van der Waals surface area contributed by atoms with Crippen LogP contribution in [0.5, 0.6) is 0 Å². The van der Waals surface area contributed by atoms with Gasteiger partial charge in [0.1, 0.15) is 5.60 Å². The Morgan fingerprint density at radius 1 is 0.846 bits per heavy atom. The topological polar surface area (TPSA) is 46.5 Å². The van der Waals surface area contributed by atoms with E-state index in [9.17, 15) is 9.90 Å². The van der Waals surface area contributed by atoms with Gasteiger partial charge in [0, 0.05) is 0 Å². The lowest BCUT2D eigenvalue weighted by Gasteiger charge is -2.73. The molecule has 3 nitrogen and oxygen atoms in total. The van der Waals surface area contributed by atoms with E-state index < -0.39 is 0 Å². The summed E-state index contributed by atoms with van der Waals surface area (Å²) in [5.74, 6) is 3.95. The second kappa shape index (κ2) is 5.25. The Morgan fingerprint density at radius 3 is 1.65 bits per heavy atom. The van der Waals surface area contributed by atoms with Gasteiger partial charge in [-0.1, -0.05) is 11.1 Å². The van der Waals surface area contributed by atoms with Crippen LogP contribution in [0, 0.1) is 35.5 Å². The Labute approximate surface area is 156 Å². The molecule has 0 aromatic carbocycles. The summed E-state index contributed by atoms with van der Waals surface area (Å²) < 4.78 is 6.33. The van der Waals surface area contributed by atoms with Gasteiger partial charge in [0.25, 0.3) is 0 Å². The van der Waals surface area contributed by atoms with E-state index in [1.807, 2.05) is 33.8 Å². The van der Waals surface area contributed by atoms with Crippen molar-refractivity contribution in [2.24, 2.45) is 35.5 Å². The van der Waals surface area contributed by atoms with Gasteiger partial charge in [0.15, 0.2) is 0 Å². The Bertz CT molecular complexity index is 657. The standard InChI is InChI=1S/C23H32O3/c1-12(2)5-14(13(3)4)21(24)26-23-9-18-15-6-22(25)7-16(18)20(11-23)17(8-22)19(15)10-23/h5,15-20,25H,6-11H2,1-4H3. The van der Waals surface area contributed by atoms with Crippen molar-refractivity contribution in [3.63, 3.8) is 0 Å². The van der Waals surface area contributed by atoms with Crippen LogP contribution in [0.4, 0.5) is 0 Å². The Morgan fingerprint density at radius 2 is 1.27 bits per heavy atom. The lowest BCUT2D eigenvalue weighted by Crippen LogP contribution is -2.71. The van der Waals surface area contributed by atoms with Gasteiger partial charge in [-0.25, -0.2) is 4.79 Å². The van der Waals surface area contributed by atoms with Gasteiger partial charge in [0.2, 0.25) is 0 Å². The highest BCUT2D eigenvalue weighted by Crippen LogP contribution is 2.73. The molecule has 0 unspecified atom stereocenters. The molecule has 0 aromatic rings. The van der Waals surface area contributed by atoms with E-state index in [2.05, 4.69) is 0 Å². The number of hydrogen-bond donors (Lipinski definition) is 1. The first kappa shape index (κ1) is 17.0. The number of ether oxygens (including phenoxy) is 1. The summed E-state index contributed by atoms with van der Waals surface area (Å²) in [6.07, 6.45) is 8.09. The van der Waals surface area contributed by atoms with E-state index in [0.717, 1.165) is 55.2 Å². The van der Waals surface area contributed by atoms with Gasteiger partial charge < -0.3 is 9.84 Å². The number of allylic oxidation sites excluding steroid dienone is 2. The normalized spacial score (nSPS) is 49.3. The average molecular weight is 357 g/mol. The zero-order chi connectivity index (χ0) is 18.4. The molecule has 7 rings (SSSR count). The fourth-order valence-electron chi connectivity index (χ4n) is 7.90. The molecular formula is C23H32O3. The molecule has 7 fully saturated rings. The molecular weight excluding hydrogens is 324 g/mol. The molecule has 0 spiro atoms. The summed E-state index contributed by atoms with van der Waals surface area (Å²) in [6.45, 7) is 8.05. The Hall–Kier alpha value is -1.09. The van der Waals surface area contributed by atoms with Gasteiger partial charge in [0.05, 0.1) is 11.2 Å². The van der Waals surface area contributed by atoms with Gasteiger partial charge in [-0.15, -0.1) is 0 Å². The van der Waals surface area contributed by atoms with Gasteiger partial charge >= 0.3 is 5.97 Å². The molecule has 0 aromatic heterocycles. The summed E-state index contributed by atoms with van der Waals surface area (Å²) in [7, 11) is 0. The number of hydrogen-bond acceptors (Lipinski definition) is 3. The van der Waals surface area contributed by atoms with Crippen LogP contribution in [0.15, 0.2) is 22.8 Å². The predicted octanol–water partition coefficient (Wildman–Crippen LogP) is 4.41. The summed E-state index contributed by atoms with van der Waals surface area (Å²) in [5, 5.41) is 10.9. The smallest absolute Gasteiger partial charge is 0.338 e. The van der Waals surface area contributed by atoms with Crippen LogP contribution in [0.25, 0.3) is 0 Å². The molecule has 7 aliphatic rings. The van der Waals surface area contributed by atoms with Crippen LogP contribution >= 0.6 is 0 Å². The Balaban J connectivity index is 1.42. The maximum absolute atomic E-state index is 13.0. The quantitative estimate of drug-likeness (QED) is 0.463. The molecule has 0 aliphatic heterocycles. The largest absolute Gasteiger partial charge is 0.455 e. The number of rotatable bonds is 3. The molecule has 142 valence electrons. The molecule has 3 heteroatoms. The molecule has 0 atom stereocenters. The maximum atomic E-state index is 13.0. The van der Waals surface area contributed by atoms with Crippen molar-refractivity contribution in [2.45, 2.75) is 77.4 Å². The molecule has 0 saturated heterocycles. The number of esters is 1. The molecule has 26 heavy (non-hydrogen) atoms. The minimum Gasteiger partial charge on any atom is -0.455 e. The molecule has 7 saturated carbocycles. The lowest BCUT2D eigenvalue weighted by molar-refractivity contribution is -0.292.